The van der Waals surface area contributed by atoms with Gasteiger partial charge < -0.3 is 9.73 Å². The van der Waals surface area contributed by atoms with Gasteiger partial charge in [0.05, 0.1) is 6.26 Å². The third-order valence-electron chi connectivity index (χ3n) is 4.27. The summed E-state index contributed by atoms with van der Waals surface area (Å²) in [4.78, 5) is 0. The Labute approximate surface area is 121 Å². The number of furan rings is 1. The van der Waals surface area contributed by atoms with Crippen LogP contribution in [0.5, 0.6) is 0 Å². The molecule has 106 valence electrons. The first-order valence-electron chi connectivity index (χ1n) is 7.60. The molecular formula is C18H23NO. The van der Waals surface area contributed by atoms with Crippen molar-refractivity contribution in [3.63, 3.8) is 0 Å². The average Bonchev–Trinajstić information content (AvgIpc) is 3.07. The van der Waals surface area contributed by atoms with Gasteiger partial charge in [0.1, 0.15) is 5.76 Å². The second kappa shape index (κ2) is 5.84. The second-order valence-corrected chi connectivity index (χ2v) is 5.98. The molecule has 0 fully saturated rings. The molecule has 0 saturated carbocycles. The highest BCUT2D eigenvalue weighted by atomic mass is 16.3. The van der Waals surface area contributed by atoms with E-state index in [-0.39, 0.29) is 0 Å². The Morgan fingerprint density at radius 2 is 2.25 bits per heavy atom. The standard InChI is InChI=1S/C18H23NO/c1-13-5-7-15-8-10-18(17(15)12-13)19-14(2)6-9-16-4-3-11-20-16/h3-5,7,11-12,14,18-19H,6,8-10H2,1-2H3. The van der Waals surface area contributed by atoms with Crippen LogP contribution in [-0.2, 0) is 12.8 Å². The quantitative estimate of drug-likeness (QED) is 0.880. The molecule has 0 spiro atoms. The van der Waals surface area contributed by atoms with Gasteiger partial charge in [0.2, 0.25) is 0 Å². The van der Waals surface area contributed by atoms with Crippen LogP contribution in [0.15, 0.2) is 41.0 Å². The summed E-state index contributed by atoms with van der Waals surface area (Å²) in [5.41, 5.74) is 4.39. The van der Waals surface area contributed by atoms with E-state index in [1.165, 1.54) is 29.5 Å². The topological polar surface area (TPSA) is 25.2 Å². The zero-order valence-corrected chi connectivity index (χ0v) is 12.4. The van der Waals surface area contributed by atoms with E-state index >= 15 is 0 Å². The predicted molar refractivity (Wildman–Crippen MR) is 81.9 cm³/mol. The van der Waals surface area contributed by atoms with Crippen molar-refractivity contribution in [3.05, 3.63) is 59.0 Å². The lowest BCUT2D eigenvalue weighted by Crippen LogP contribution is -2.29. The molecule has 0 radical (unpaired) electrons. The fourth-order valence-corrected chi connectivity index (χ4v) is 3.14. The molecule has 2 heteroatoms. The number of hydrogen-bond donors (Lipinski definition) is 1. The Morgan fingerprint density at radius 1 is 1.35 bits per heavy atom. The lowest BCUT2D eigenvalue weighted by atomic mass is 10.0. The lowest BCUT2D eigenvalue weighted by Gasteiger charge is -2.20. The van der Waals surface area contributed by atoms with Gasteiger partial charge in [-0.15, -0.1) is 0 Å². The lowest BCUT2D eigenvalue weighted by molar-refractivity contribution is 0.416. The number of rotatable bonds is 5. The minimum atomic E-state index is 0.511. The van der Waals surface area contributed by atoms with Gasteiger partial charge in [-0.3, -0.25) is 0 Å². The molecular weight excluding hydrogens is 246 g/mol. The van der Waals surface area contributed by atoms with Crippen molar-refractivity contribution in [1.82, 2.24) is 5.32 Å². The van der Waals surface area contributed by atoms with E-state index in [2.05, 4.69) is 43.4 Å². The molecule has 2 atom stereocenters. The Hall–Kier alpha value is -1.54. The molecule has 0 aliphatic heterocycles. The smallest absolute Gasteiger partial charge is 0.103 e. The normalized spacial score (nSPS) is 19.0. The largest absolute Gasteiger partial charge is 0.469 e. The molecule has 1 aliphatic carbocycles. The molecule has 1 heterocycles. The van der Waals surface area contributed by atoms with Crippen molar-refractivity contribution in [2.75, 3.05) is 0 Å². The van der Waals surface area contributed by atoms with Gasteiger partial charge >= 0.3 is 0 Å². The fraction of sp³-hybridized carbons (Fsp3) is 0.444. The summed E-state index contributed by atoms with van der Waals surface area (Å²) in [6.07, 6.45) is 6.31. The molecule has 0 amide bonds. The molecule has 0 bridgehead atoms. The van der Waals surface area contributed by atoms with Gasteiger partial charge in [-0.05, 0) is 56.4 Å². The van der Waals surface area contributed by atoms with Crippen LogP contribution in [0, 0.1) is 6.92 Å². The van der Waals surface area contributed by atoms with Crippen molar-refractivity contribution >= 4 is 0 Å². The number of nitrogens with one attached hydrogen (secondary N) is 1. The number of aryl methyl sites for hydroxylation is 3. The first-order valence-corrected chi connectivity index (χ1v) is 7.60. The molecule has 1 aromatic heterocycles. The number of fused-ring (bicyclic) bond motifs is 1. The van der Waals surface area contributed by atoms with Gasteiger partial charge in [0.15, 0.2) is 0 Å². The molecule has 20 heavy (non-hydrogen) atoms. The Balaban J connectivity index is 1.58. The Kier molecular flexibility index (Phi) is 3.93. The minimum Gasteiger partial charge on any atom is -0.469 e. The van der Waals surface area contributed by atoms with Gasteiger partial charge in [0.25, 0.3) is 0 Å². The maximum Gasteiger partial charge on any atom is 0.103 e. The molecule has 1 aromatic carbocycles. The van der Waals surface area contributed by atoms with Crippen LogP contribution < -0.4 is 5.32 Å². The molecule has 1 N–H and O–H groups in total. The molecule has 0 saturated heterocycles. The fourth-order valence-electron chi connectivity index (χ4n) is 3.14. The first-order chi connectivity index (χ1) is 9.72. The summed E-state index contributed by atoms with van der Waals surface area (Å²) in [5.74, 6) is 1.08. The molecule has 2 nitrogen and oxygen atoms in total. The number of hydrogen-bond acceptors (Lipinski definition) is 2. The van der Waals surface area contributed by atoms with E-state index in [4.69, 9.17) is 4.42 Å². The van der Waals surface area contributed by atoms with Crippen LogP contribution in [0.3, 0.4) is 0 Å². The van der Waals surface area contributed by atoms with Crippen LogP contribution >= 0.6 is 0 Å². The summed E-state index contributed by atoms with van der Waals surface area (Å²) in [6, 6.07) is 11.9. The summed E-state index contributed by atoms with van der Waals surface area (Å²) in [5, 5.41) is 3.78. The average molecular weight is 269 g/mol. The van der Waals surface area contributed by atoms with Gasteiger partial charge in [-0.25, -0.2) is 0 Å². The van der Waals surface area contributed by atoms with Crippen LogP contribution in [0.4, 0.5) is 0 Å². The minimum absolute atomic E-state index is 0.511. The predicted octanol–water partition coefficient (Wildman–Crippen LogP) is 4.19. The molecule has 3 rings (SSSR count). The van der Waals surface area contributed by atoms with E-state index in [9.17, 15) is 0 Å². The van der Waals surface area contributed by atoms with Crippen LogP contribution in [0.25, 0.3) is 0 Å². The molecule has 2 aromatic rings. The second-order valence-electron chi connectivity index (χ2n) is 5.98. The van der Waals surface area contributed by atoms with E-state index in [1.807, 2.05) is 6.07 Å². The zero-order chi connectivity index (χ0) is 13.9. The third kappa shape index (κ3) is 2.96. The van der Waals surface area contributed by atoms with Crippen LogP contribution in [0.2, 0.25) is 0 Å². The van der Waals surface area contributed by atoms with Crippen molar-refractivity contribution in [3.8, 4) is 0 Å². The van der Waals surface area contributed by atoms with Crippen molar-refractivity contribution in [1.29, 1.82) is 0 Å². The van der Waals surface area contributed by atoms with Crippen molar-refractivity contribution in [2.24, 2.45) is 0 Å². The van der Waals surface area contributed by atoms with Crippen molar-refractivity contribution < 1.29 is 4.42 Å². The van der Waals surface area contributed by atoms with E-state index < -0.39 is 0 Å². The zero-order valence-electron chi connectivity index (χ0n) is 12.4. The van der Waals surface area contributed by atoms with Crippen LogP contribution in [0.1, 0.15) is 48.3 Å². The van der Waals surface area contributed by atoms with Gasteiger partial charge in [-0.2, -0.15) is 0 Å². The van der Waals surface area contributed by atoms with Gasteiger partial charge in [-0.1, -0.05) is 23.8 Å². The van der Waals surface area contributed by atoms with Crippen LogP contribution in [-0.4, -0.2) is 6.04 Å². The SMILES string of the molecule is Cc1ccc2c(c1)C(NC(C)CCc1ccco1)CC2. The Bertz CT molecular complexity index is 559. The summed E-state index contributed by atoms with van der Waals surface area (Å²) >= 11 is 0. The summed E-state index contributed by atoms with van der Waals surface area (Å²) in [6.45, 7) is 4.45. The first kappa shape index (κ1) is 13.4. The highest BCUT2D eigenvalue weighted by molar-refractivity contribution is 5.37. The van der Waals surface area contributed by atoms with E-state index in [1.54, 1.807) is 6.26 Å². The van der Waals surface area contributed by atoms with Crippen molar-refractivity contribution in [2.45, 2.75) is 51.6 Å². The van der Waals surface area contributed by atoms with E-state index in [0.717, 1.165) is 18.6 Å². The maximum absolute atomic E-state index is 5.40. The third-order valence-corrected chi connectivity index (χ3v) is 4.27. The number of benzene rings is 1. The summed E-state index contributed by atoms with van der Waals surface area (Å²) < 4.78 is 5.40. The summed E-state index contributed by atoms with van der Waals surface area (Å²) in [7, 11) is 0. The highest BCUT2D eigenvalue weighted by Gasteiger charge is 2.23. The monoisotopic (exact) mass is 269 g/mol. The highest BCUT2D eigenvalue weighted by Crippen LogP contribution is 2.32. The Morgan fingerprint density at radius 3 is 3.05 bits per heavy atom. The van der Waals surface area contributed by atoms with E-state index in [0.29, 0.717) is 12.1 Å². The molecule has 2 unspecified atom stereocenters. The van der Waals surface area contributed by atoms with Gasteiger partial charge in [0, 0.05) is 18.5 Å². The molecule has 1 aliphatic rings. The maximum atomic E-state index is 5.40.